The maximum Gasteiger partial charge on any atom is 0.261 e. The van der Waals surface area contributed by atoms with Crippen molar-refractivity contribution < 1.29 is 9.32 Å². The first-order valence-electron chi connectivity index (χ1n) is 9.65. The lowest BCUT2D eigenvalue weighted by atomic mass is 10.1. The Morgan fingerprint density at radius 3 is 2.32 bits per heavy atom. The average molecular weight is 378 g/mol. The molecule has 1 aromatic heterocycles. The number of benzene rings is 2. The van der Waals surface area contributed by atoms with Crippen molar-refractivity contribution in [3.63, 3.8) is 0 Å². The second-order valence-electron chi connectivity index (χ2n) is 7.51. The maximum atomic E-state index is 12.9. The van der Waals surface area contributed by atoms with E-state index in [2.05, 4.69) is 50.4 Å². The summed E-state index contributed by atoms with van der Waals surface area (Å²) in [6.07, 6.45) is 0. The van der Waals surface area contributed by atoms with Crippen LogP contribution in [0.15, 0.2) is 59.1 Å². The van der Waals surface area contributed by atoms with Crippen LogP contribution in [0.4, 0.5) is 11.4 Å². The fourth-order valence-corrected chi connectivity index (χ4v) is 3.36. The minimum absolute atomic E-state index is 0.220. The molecule has 1 heterocycles. The molecule has 0 aliphatic carbocycles. The van der Waals surface area contributed by atoms with Crippen LogP contribution in [-0.2, 0) is 0 Å². The van der Waals surface area contributed by atoms with Crippen LogP contribution in [-0.4, -0.2) is 30.7 Å². The summed E-state index contributed by atoms with van der Waals surface area (Å²) < 4.78 is 6.14. The minimum Gasteiger partial charge on any atom is -0.360 e. The van der Waals surface area contributed by atoms with Crippen molar-refractivity contribution in [2.75, 3.05) is 18.9 Å². The third-order valence-corrected chi connectivity index (χ3v) is 5.65. The quantitative estimate of drug-likeness (QED) is 0.595. The van der Waals surface area contributed by atoms with E-state index < -0.39 is 0 Å². The molecular formula is C23H28N3O2+. The zero-order chi connectivity index (χ0) is 20.3. The minimum atomic E-state index is -0.220. The van der Waals surface area contributed by atoms with Crippen LogP contribution < -0.4 is 9.80 Å². The number of carbonyl (C=O) groups is 1. The Bertz CT molecular complexity index is 946. The summed E-state index contributed by atoms with van der Waals surface area (Å²) >= 11 is 0. The molecule has 1 N–H and O–H groups in total. The van der Waals surface area contributed by atoms with Crippen LogP contribution in [0.1, 0.15) is 36.9 Å². The third kappa shape index (κ3) is 3.71. The van der Waals surface area contributed by atoms with Crippen molar-refractivity contribution in [1.29, 1.82) is 0 Å². The number of aromatic nitrogens is 1. The molecular weight excluding hydrogens is 350 g/mol. The second kappa shape index (κ2) is 7.98. The molecule has 0 radical (unpaired) electrons. The smallest absolute Gasteiger partial charge is 0.261 e. The molecule has 2 aromatic carbocycles. The Labute approximate surface area is 166 Å². The van der Waals surface area contributed by atoms with Gasteiger partial charge in [0.2, 0.25) is 0 Å². The molecule has 1 unspecified atom stereocenters. The van der Waals surface area contributed by atoms with Gasteiger partial charge in [0.05, 0.1) is 19.6 Å². The first-order valence-corrected chi connectivity index (χ1v) is 9.65. The van der Waals surface area contributed by atoms with Gasteiger partial charge in [-0.1, -0.05) is 35.5 Å². The Kier molecular flexibility index (Phi) is 5.66. The summed E-state index contributed by atoms with van der Waals surface area (Å²) in [6, 6.07) is 18.1. The first-order chi connectivity index (χ1) is 13.4. The molecule has 0 aliphatic rings. The number of quaternary nitrogens is 1. The summed E-state index contributed by atoms with van der Waals surface area (Å²) in [5.74, 6) is 0.282. The number of anilines is 1. The molecule has 146 valence electrons. The molecule has 0 aliphatic heterocycles. The molecule has 0 fully saturated rings. The van der Waals surface area contributed by atoms with E-state index in [9.17, 15) is 4.79 Å². The Hall–Kier alpha value is -2.92. The number of rotatable bonds is 6. The van der Waals surface area contributed by atoms with Crippen LogP contribution in [0.25, 0.3) is 11.3 Å². The molecule has 5 heteroatoms. The van der Waals surface area contributed by atoms with Crippen LogP contribution in [0.5, 0.6) is 0 Å². The SMILES string of the molecule is CC[N+](C)(c1ccc(NC(=O)c2c(-c3ccccc3)noc2C)cc1)C(C)C. The molecule has 1 atom stereocenters. The lowest BCUT2D eigenvalue weighted by molar-refractivity contribution is 0.102. The van der Waals surface area contributed by atoms with Crippen molar-refractivity contribution in [3.8, 4) is 11.3 Å². The summed E-state index contributed by atoms with van der Waals surface area (Å²) in [5.41, 5.74) is 3.85. The van der Waals surface area contributed by atoms with Crippen molar-refractivity contribution in [1.82, 2.24) is 9.64 Å². The lowest BCUT2D eigenvalue weighted by Crippen LogP contribution is -2.50. The highest BCUT2D eigenvalue weighted by molar-refractivity contribution is 6.08. The van der Waals surface area contributed by atoms with E-state index in [1.54, 1.807) is 6.92 Å². The van der Waals surface area contributed by atoms with Gasteiger partial charge in [0.15, 0.2) is 0 Å². The number of nitrogens with one attached hydrogen (secondary N) is 1. The highest BCUT2D eigenvalue weighted by atomic mass is 16.5. The van der Waals surface area contributed by atoms with E-state index in [1.807, 2.05) is 42.5 Å². The fourth-order valence-electron chi connectivity index (χ4n) is 3.36. The Balaban J connectivity index is 1.84. The van der Waals surface area contributed by atoms with Crippen molar-refractivity contribution >= 4 is 17.3 Å². The molecule has 0 saturated heterocycles. The topological polar surface area (TPSA) is 55.1 Å². The second-order valence-corrected chi connectivity index (χ2v) is 7.51. The Morgan fingerprint density at radius 2 is 1.75 bits per heavy atom. The monoisotopic (exact) mass is 378 g/mol. The number of hydrogen-bond acceptors (Lipinski definition) is 3. The summed E-state index contributed by atoms with van der Waals surface area (Å²) in [7, 11) is 2.23. The molecule has 0 spiro atoms. The van der Waals surface area contributed by atoms with Crippen LogP contribution in [0, 0.1) is 6.92 Å². The highest BCUT2D eigenvalue weighted by Crippen LogP contribution is 2.28. The number of amides is 1. The van der Waals surface area contributed by atoms with E-state index in [-0.39, 0.29) is 5.91 Å². The van der Waals surface area contributed by atoms with E-state index in [0.717, 1.165) is 22.3 Å². The molecule has 28 heavy (non-hydrogen) atoms. The molecule has 1 amide bonds. The van der Waals surface area contributed by atoms with Gasteiger partial charge in [0.25, 0.3) is 5.91 Å². The van der Waals surface area contributed by atoms with Gasteiger partial charge in [-0.15, -0.1) is 0 Å². The van der Waals surface area contributed by atoms with Crippen molar-refractivity contribution in [3.05, 3.63) is 65.9 Å². The van der Waals surface area contributed by atoms with Gasteiger partial charge < -0.3 is 9.84 Å². The molecule has 3 aromatic rings. The lowest BCUT2D eigenvalue weighted by Gasteiger charge is -2.37. The first kappa shape index (κ1) is 19.8. The van der Waals surface area contributed by atoms with E-state index in [0.29, 0.717) is 23.1 Å². The fraction of sp³-hybridized carbons (Fsp3) is 0.304. The highest BCUT2D eigenvalue weighted by Gasteiger charge is 2.27. The molecule has 5 nitrogen and oxygen atoms in total. The number of hydrogen-bond donors (Lipinski definition) is 1. The summed E-state index contributed by atoms with van der Waals surface area (Å²) in [5, 5.41) is 7.06. The summed E-state index contributed by atoms with van der Waals surface area (Å²) in [6.45, 7) is 9.39. The van der Waals surface area contributed by atoms with Gasteiger partial charge in [0.1, 0.15) is 22.7 Å². The van der Waals surface area contributed by atoms with E-state index >= 15 is 0 Å². The van der Waals surface area contributed by atoms with Crippen LogP contribution in [0.2, 0.25) is 0 Å². The third-order valence-electron chi connectivity index (χ3n) is 5.65. The van der Waals surface area contributed by atoms with Gasteiger partial charge >= 0.3 is 0 Å². The van der Waals surface area contributed by atoms with Crippen LogP contribution >= 0.6 is 0 Å². The maximum absolute atomic E-state index is 12.9. The van der Waals surface area contributed by atoms with E-state index in [1.165, 1.54) is 5.69 Å². The van der Waals surface area contributed by atoms with E-state index in [4.69, 9.17) is 4.52 Å². The normalized spacial score (nSPS) is 13.4. The number of aryl methyl sites for hydroxylation is 1. The molecule has 3 rings (SSSR count). The van der Waals surface area contributed by atoms with Crippen LogP contribution in [0.3, 0.4) is 0 Å². The predicted molar refractivity (Wildman–Crippen MR) is 114 cm³/mol. The summed E-state index contributed by atoms with van der Waals surface area (Å²) in [4.78, 5) is 12.9. The zero-order valence-corrected chi connectivity index (χ0v) is 17.2. The zero-order valence-electron chi connectivity index (χ0n) is 17.2. The number of nitrogens with zero attached hydrogens (tertiary/aromatic N) is 2. The molecule has 0 bridgehead atoms. The van der Waals surface area contributed by atoms with Gasteiger partial charge in [-0.2, -0.15) is 0 Å². The van der Waals surface area contributed by atoms with Crippen molar-refractivity contribution in [2.24, 2.45) is 0 Å². The van der Waals surface area contributed by atoms with Gasteiger partial charge in [0, 0.05) is 23.4 Å². The van der Waals surface area contributed by atoms with Gasteiger partial charge in [-0.25, -0.2) is 0 Å². The van der Waals surface area contributed by atoms with Crippen molar-refractivity contribution in [2.45, 2.75) is 33.7 Å². The number of carbonyl (C=O) groups excluding carboxylic acids is 1. The largest absolute Gasteiger partial charge is 0.360 e. The predicted octanol–water partition coefficient (Wildman–Crippen LogP) is 5.27. The van der Waals surface area contributed by atoms with Gasteiger partial charge in [-0.3, -0.25) is 9.28 Å². The molecule has 0 saturated carbocycles. The van der Waals surface area contributed by atoms with Gasteiger partial charge in [-0.05, 0) is 39.8 Å². The Morgan fingerprint density at radius 1 is 1.11 bits per heavy atom. The average Bonchev–Trinajstić information content (AvgIpc) is 3.10. The standard InChI is InChI=1S/C23H27N3O2/c1-6-26(5,16(2)3)20-14-12-19(13-15-20)24-23(27)21-17(4)28-25-22(21)18-10-8-7-9-11-18/h7-16H,6H2,1-5H3/p+1.